The van der Waals surface area contributed by atoms with Crippen molar-refractivity contribution in [1.82, 2.24) is 0 Å². The van der Waals surface area contributed by atoms with Gasteiger partial charge in [-0.15, -0.1) is 0 Å². The summed E-state index contributed by atoms with van der Waals surface area (Å²) in [6.45, 7) is 9.98. The Morgan fingerprint density at radius 3 is 2.11 bits per heavy atom. The van der Waals surface area contributed by atoms with Gasteiger partial charge in [0.25, 0.3) is 0 Å². The number of benzene rings is 1. The third-order valence-electron chi connectivity index (χ3n) is 2.10. The van der Waals surface area contributed by atoms with Gasteiger partial charge >= 0.3 is 0 Å². The Morgan fingerprint density at radius 1 is 1.28 bits per heavy atom. The SMILES string of the molecule is CC.CC.CCc1ccc(C(N)=O)cc1N(C)O. The summed E-state index contributed by atoms with van der Waals surface area (Å²) < 4.78 is 0. The number of primary amides is 1. The number of rotatable bonds is 3. The number of anilines is 1. The zero-order valence-electron chi connectivity index (χ0n) is 12.3. The maximum atomic E-state index is 10.9. The average Bonchev–Trinajstić information content (AvgIpc) is 2.42. The van der Waals surface area contributed by atoms with Crippen LogP contribution in [0.3, 0.4) is 0 Å². The lowest BCUT2D eigenvalue weighted by atomic mass is 10.1. The molecule has 1 rings (SSSR count). The molecule has 4 heteroatoms. The van der Waals surface area contributed by atoms with E-state index in [0.29, 0.717) is 11.3 Å². The monoisotopic (exact) mass is 254 g/mol. The van der Waals surface area contributed by atoms with Gasteiger partial charge in [0.15, 0.2) is 0 Å². The quantitative estimate of drug-likeness (QED) is 0.814. The maximum Gasteiger partial charge on any atom is 0.248 e. The molecule has 0 bridgehead atoms. The lowest BCUT2D eigenvalue weighted by molar-refractivity contribution is 0.100. The smallest absolute Gasteiger partial charge is 0.248 e. The Labute approximate surface area is 110 Å². The molecule has 0 aliphatic rings. The molecule has 0 saturated heterocycles. The van der Waals surface area contributed by atoms with Gasteiger partial charge in [-0.05, 0) is 24.1 Å². The molecular weight excluding hydrogens is 228 g/mol. The number of carbonyl (C=O) groups is 1. The molecule has 1 aromatic carbocycles. The highest BCUT2D eigenvalue weighted by molar-refractivity contribution is 5.94. The molecule has 0 unspecified atom stereocenters. The van der Waals surface area contributed by atoms with E-state index in [4.69, 9.17) is 5.73 Å². The number of amides is 1. The summed E-state index contributed by atoms with van der Waals surface area (Å²) in [4.78, 5) is 10.9. The topological polar surface area (TPSA) is 66.6 Å². The molecule has 1 aromatic rings. The third-order valence-corrected chi connectivity index (χ3v) is 2.10. The van der Waals surface area contributed by atoms with E-state index in [1.165, 1.54) is 7.05 Å². The van der Waals surface area contributed by atoms with Gasteiger partial charge in [-0.1, -0.05) is 40.7 Å². The molecule has 4 nitrogen and oxygen atoms in total. The fourth-order valence-corrected chi connectivity index (χ4v) is 1.32. The molecular formula is C14H26N2O2. The number of hydrogen-bond donors (Lipinski definition) is 2. The van der Waals surface area contributed by atoms with E-state index < -0.39 is 5.91 Å². The van der Waals surface area contributed by atoms with Crippen LogP contribution in [-0.2, 0) is 6.42 Å². The van der Waals surface area contributed by atoms with Crippen LogP contribution in [0.15, 0.2) is 18.2 Å². The Kier molecular flexibility index (Phi) is 11.1. The molecule has 0 heterocycles. The molecule has 0 aliphatic carbocycles. The number of aryl methyl sites for hydroxylation is 1. The third kappa shape index (κ3) is 5.68. The molecule has 0 spiro atoms. The molecule has 0 aliphatic heterocycles. The Balaban J connectivity index is 0. The molecule has 18 heavy (non-hydrogen) atoms. The van der Waals surface area contributed by atoms with Crippen molar-refractivity contribution in [2.24, 2.45) is 5.73 Å². The van der Waals surface area contributed by atoms with E-state index in [1.54, 1.807) is 18.2 Å². The first kappa shape index (κ1) is 18.8. The van der Waals surface area contributed by atoms with Crippen LogP contribution in [0.5, 0.6) is 0 Å². The highest BCUT2D eigenvalue weighted by atomic mass is 16.5. The number of nitrogens with two attached hydrogens (primary N) is 1. The standard InChI is InChI=1S/C10H14N2O2.2C2H6/c1-3-7-4-5-8(10(11)13)6-9(7)12(2)14;2*1-2/h4-6,14H,3H2,1-2H3,(H2,11,13);2*1-2H3. The van der Waals surface area contributed by atoms with Gasteiger partial charge < -0.3 is 5.73 Å². The van der Waals surface area contributed by atoms with Crippen LogP contribution in [0.2, 0.25) is 0 Å². The fraction of sp³-hybridized carbons (Fsp3) is 0.500. The molecule has 0 fully saturated rings. The zero-order valence-corrected chi connectivity index (χ0v) is 12.3. The number of nitrogens with zero attached hydrogens (tertiary/aromatic N) is 1. The first-order valence-electron chi connectivity index (χ1n) is 6.41. The lowest BCUT2D eigenvalue weighted by Crippen LogP contribution is -2.16. The van der Waals surface area contributed by atoms with Crippen molar-refractivity contribution in [3.63, 3.8) is 0 Å². The molecule has 3 N–H and O–H groups in total. The van der Waals surface area contributed by atoms with Crippen LogP contribution in [0.25, 0.3) is 0 Å². The second-order valence-electron chi connectivity index (χ2n) is 3.08. The molecule has 1 amide bonds. The minimum Gasteiger partial charge on any atom is -0.366 e. The van der Waals surface area contributed by atoms with Gasteiger partial charge in [-0.3, -0.25) is 15.1 Å². The number of hydroxylamine groups is 1. The van der Waals surface area contributed by atoms with Gasteiger partial charge in [0.2, 0.25) is 5.91 Å². The first-order chi connectivity index (χ1) is 8.56. The predicted octanol–water partition coefficient (Wildman–Crippen LogP) is 3.23. The minimum absolute atomic E-state index is 0.401. The van der Waals surface area contributed by atoms with Crippen LogP contribution in [0.4, 0.5) is 5.69 Å². The average molecular weight is 254 g/mol. The van der Waals surface area contributed by atoms with Gasteiger partial charge in [0.1, 0.15) is 0 Å². The van der Waals surface area contributed by atoms with Crippen LogP contribution in [0, 0.1) is 0 Å². The predicted molar refractivity (Wildman–Crippen MR) is 77.2 cm³/mol. The number of hydrogen-bond acceptors (Lipinski definition) is 3. The summed E-state index contributed by atoms with van der Waals surface area (Å²) in [5, 5.41) is 10.3. The summed E-state index contributed by atoms with van der Waals surface area (Å²) in [5.41, 5.74) is 7.12. The second-order valence-corrected chi connectivity index (χ2v) is 3.08. The van der Waals surface area contributed by atoms with Crippen molar-refractivity contribution in [2.45, 2.75) is 41.0 Å². The molecule has 0 atom stereocenters. The first-order valence-corrected chi connectivity index (χ1v) is 6.41. The summed E-state index contributed by atoms with van der Waals surface area (Å²) in [7, 11) is 1.51. The minimum atomic E-state index is -0.490. The summed E-state index contributed by atoms with van der Waals surface area (Å²) in [5.74, 6) is -0.490. The summed E-state index contributed by atoms with van der Waals surface area (Å²) in [6.07, 6.45) is 0.791. The van der Waals surface area contributed by atoms with E-state index >= 15 is 0 Å². The Bertz CT molecular complexity index is 350. The second kappa shape index (κ2) is 10.6. The Morgan fingerprint density at radius 2 is 1.78 bits per heavy atom. The van der Waals surface area contributed by atoms with E-state index in [9.17, 15) is 10.0 Å². The van der Waals surface area contributed by atoms with Crippen molar-refractivity contribution < 1.29 is 10.0 Å². The molecule has 0 radical (unpaired) electrons. The van der Waals surface area contributed by atoms with Gasteiger partial charge in [-0.2, -0.15) is 0 Å². The Hall–Kier alpha value is -1.55. The van der Waals surface area contributed by atoms with Crippen molar-refractivity contribution in [2.75, 3.05) is 12.1 Å². The van der Waals surface area contributed by atoms with Crippen LogP contribution in [0.1, 0.15) is 50.5 Å². The van der Waals surface area contributed by atoms with Crippen LogP contribution >= 0.6 is 0 Å². The highest BCUT2D eigenvalue weighted by Gasteiger charge is 2.08. The van der Waals surface area contributed by atoms with Gasteiger partial charge in [0.05, 0.1) is 5.69 Å². The molecule has 0 aromatic heterocycles. The van der Waals surface area contributed by atoms with Crippen LogP contribution < -0.4 is 10.8 Å². The number of carbonyl (C=O) groups excluding carboxylic acids is 1. The van der Waals surface area contributed by atoms with E-state index in [-0.39, 0.29) is 0 Å². The van der Waals surface area contributed by atoms with Gasteiger partial charge in [-0.25, -0.2) is 0 Å². The fourth-order valence-electron chi connectivity index (χ4n) is 1.32. The lowest BCUT2D eigenvalue weighted by Gasteiger charge is -2.15. The summed E-state index contributed by atoms with van der Waals surface area (Å²) >= 11 is 0. The summed E-state index contributed by atoms with van der Waals surface area (Å²) in [6, 6.07) is 5.04. The highest BCUT2D eigenvalue weighted by Crippen LogP contribution is 2.20. The van der Waals surface area contributed by atoms with E-state index in [2.05, 4.69) is 0 Å². The van der Waals surface area contributed by atoms with Crippen molar-refractivity contribution in [3.05, 3.63) is 29.3 Å². The normalized spacial score (nSPS) is 8.39. The van der Waals surface area contributed by atoms with E-state index in [0.717, 1.165) is 17.0 Å². The van der Waals surface area contributed by atoms with Crippen molar-refractivity contribution >= 4 is 11.6 Å². The maximum absolute atomic E-state index is 10.9. The van der Waals surface area contributed by atoms with Gasteiger partial charge in [0, 0.05) is 12.6 Å². The zero-order chi connectivity index (χ0) is 14.7. The van der Waals surface area contributed by atoms with Crippen LogP contribution in [-0.4, -0.2) is 18.2 Å². The largest absolute Gasteiger partial charge is 0.366 e. The van der Waals surface area contributed by atoms with E-state index in [1.807, 2.05) is 34.6 Å². The molecule has 0 saturated carbocycles. The van der Waals surface area contributed by atoms with Crippen molar-refractivity contribution in [3.8, 4) is 0 Å². The van der Waals surface area contributed by atoms with Crippen molar-refractivity contribution in [1.29, 1.82) is 0 Å². The molecule has 104 valence electrons.